The van der Waals surface area contributed by atoms with E-state index in [1.165, 1.54) is 44.9 Å². The van der Waals surface area contributed by atoms with Crippen LogP contribution in [0.3, 0.4) is 0 Å². The van der Waals surface area contributed by atoms with Gasteiger partial charge in [0.15, 0.2) is 0 Å². The van der Waals surface area contributed by atoms with Crippen LogP contribution in [-0.4, -0.2) is 22.9 Å². The molecule has 2 heteroatoms. The Bertz CT molecular complexity index is 221. The van der Waals surface area contributed by atoms with Gasteiger partial charge in [-0.2, -0.15) is 0 Å². The SMILES string of the molecule is OC1(C2CCCCC2)CC2CCC(C1)O2. The molecule has 2 heterocycles. The average molecular weight is 210 g/mol. The van der Waals surface area contributed by atoms with Crippen LogP contribution in [0.4, 0.5) is 0 Å². The van der Waals surface area contributed by atoms with Gasteiger partial charge in [0, 0.05) is 12.8 Å². The van der Waals surface area contributed by atoms with Crippen molar-refractivity contribution in [1.82, 2.24) is 0 Å². The van der Waals surface area contributed by atoms with Crippen LogP contribution in [0.1, 0.15) is 57.8 Å². The molecule has 3 aliphatic rings. The first-order chi connectivity index (χ1) is 7.26. The number of rotatable bonds is 1. The maximum Gasteiger partial charge on any atom is 0.0725 e. The summed E-state index contributed by atoms with van der Waals surface area (Å²) in [5, 5.41) is 10.8. The molecule has 0 aromatic heterocycles. The lowest BCUT2D eigenvalue weighted by molar-refractivity contribution is -0.143. The van der Waals surface area contributed by atoms with Crippen LogP contribution in [-0.2, 0) is 4.74 Å². The van der Waals surface area contributed by atoms with E-state index in [0.717, 1.165) is 12.8 Å². The van der Waals surface area contributed by atoms with E-state index in [1.807, 2.05) is 0 Å². The summed E-state index contributed by atoms with van der Waals surface area (Å²) in [6.45, 7) is 0. The summed E-state index contributed by atoms with van der Waals surface area (Å²) in [5.74, 6) is 0.568. The van der Waals surface area contributed by atoms with Crippen LogP contribution in [0, 0.1) is 5.92 Å². The van der Waals surface area contributed by atoms with Crippen molar-refractivity contribution in [3.63, 3.8) is 0 Å². The monoisotopic (exact) mass is 210 g/mol. The Morgan fingerprint density at radius 3 is 2.07 bits per heavy atom. The Hall–Kier alpha value is -0.0800. The first kappa shape index (κ1) is 10.1. The van der Waals surface area contributed by atoms with E-state index in [-0.39, 0.29) is 5.60 Å². The maximum atomic E-state index is 10.8. The summed E-state index contributed by atoms with van der Waals surface area (Å²) in [7, 11) is 0. The van der Waals surface area contributed by atoms with Gasteiger partial charge in [0.25, 0.3) is 0 Å². The molecule has 2 bridgehead atoms. The third-order valence-corrected chi connectivity index (χ3v) is 4.72. The third-order valence-electron chi connectivity index (χ3n) is 4.72. The van der Waals surface area contributed by atoms with Crippen molar-refractivity contribution in [2.45, 2.75) is 75.6 Å². The van der Waals surface area contributed by atoms with Gasteiger partial charge in [0.1, 0.15) is 0 Å². The summed E-state index contributed by atoms with van der Waals surface area (Å²) in [6, 6.07) is 0. The largest absolute Gasteiger partial charge is 0.389 e. The number of aliphatic hydroxyl groups is 1. The second-order valence-corrected chi connectivity index (χ2v) is 5.80. The summed E-state index contributed by atoms with van der Waals surface area (Å²) in [4.78, 5) is 0. The molecule has 86 valence electrons. The van der Waals surface area contributed by atoms with E-state index >= 15 is 0 Å². The van der Waals surface area contributed by atoms with Gasteiger partial charge in [-0.25, -0.2) is 0 Å². The molecule has 0 aromatic rings. The van der Waals surface area contributed by atoms with Crippen molar-refractivity contribution in [1.29, 1.82) is 0 Å². The standard InChI is InChI=1S/C13H22O2/c14-13(10-4-2-1-3-5-10)8-11-6-7-12(9-13)15-11/h10-12,14H,1-9H2. The normalized spacial score (nSPS) is 47.0. The molecule has 1 aliphatic carbocycles. The van der Waals surface area contributed by atoms with E-state index in [9.17, 15) is 5.11 Å². The van der Waals surface area contributed by atoms with Crippen molar-refractivity contribution >= 4 is 0 Å². The second-order valence-electron chi connectivity index (χ2n) is 5.80. The predicted molar refractivity (Wildman–Crippen MR) is 58.7 cm³/mol. The molecule has 1 saturated carbocycles. The quantitative estimate of drug-likeness (QED) is 0.721. The Morgan fingerprint density at radius 1 is 0.867 bits per heavy atom. The molecule has 3 fully saturated rings. The van der Waals surface area contributed by atoms with E-state index in [4.69, 9.17) is 4.74 Å². The van der Waals surface area contributed by atoms with E-state index in [2.05, 4.69) is 0 Å². The van der Waals surface area contributed by atoms with Gasteiger partial charge >= 0.3 is 0 Å². The van der Waals surface area contributed by atoms with Gasteiger partial charge in [-0.15, -0.1) is 0 Å². The average Bonchev–Trinajstić information content (AvgIpc) is 2.60. The molecule has 0 radical (unpaired) electrons. The molecule has 0 aromatic carbocycles. The molecule has 1 N–H and O–H groups in total. The third kappa shape index (κ3) is 1.83. The van der Waals surface area contributed by atoms with Crippen molar-refractivity contribution in [3.05, 3.63) is 0 Å². The van der Waals surface area contributed by atoms with Gasteiger partial charge < -0.3 is 9.84 Å². The molecule has 3 rings (SSSR count). The highest BCUT2D eigenvalue weighted by Crippen LogP contribution is 2.46. The van der Waals surface area contributed by atoms with Crippen LogP contribution in [0.25, 0.3) is 0 Å². The van der Waals surface area contributed by atoms with Crippen LogP contribution < -0.4 is 0 Å². The van der Waals surface area contributed by atoms with Crippen molar-refractivity contribution in [2.75, 3.05) is 0 Å². The summed E-state index contributed by atoms with van der Waals surface area (Å²) < 4.78 is 5.82. The van der Waals surface area contributed by atoms with E-state index in [1.54, 1.807) is 0 Å². The number of ether oxygens (including phenoxy) is 1. The van der Waals surface area contributed by atoms with Crippen molar-refractivity contribution < 1.29 is 9.84 Å². The van der Waals surface area contributed by atoms with Crippen LogP contribution >= 0.6 is 0 Å². The fourth-order valence-corrected chi connectivity index (χ4v) is 3.93. The molecule has 2 aliphatic heterocycles. The van der Waals surface area contributed by atoms with Gasteiger partial charge in [-0.1, -0.05) is 19.3 Å². The molecule has 2 nitrogen and oxygen atoms in total. The van der Waals surface area contributed by atoms with Gasteiger partial charge in [0.2, 0.25) is 0 Å². The minimum absolute atomic E-state index is 0.371. The Balaban J connectivity index is 1.72. The molecule has 15 heavy (non-hydrogen) atoms. The fraction of sp³-hybridized carbons (Fsp3) is 1.00. The molecule has 2 unspecified atom stereocenters. The molecule has 2 atom stereocenters. The van der Waals surface area contributed by atoms with Gasteiger partial charge in [-0.05, 0) is 31.6 Å². The van der Waals surface area contributed by atoms with E-state index in [0.29, 0.717) is 18.1 Å². The van der Waals surface area contributed by atoms with Crippen LogP contribution in [0.5, 0.6) is 0 Å². The zero-order valence-corrected chi connectivity index (χ0v) is 9.45. The minimum Gasteiger partial charge on any atom is -0.389 e. The Kier molecular flexibility index (Phi) is 2.52. The fourth-order valence-electron chi connectivity index (χ4n) is 3.93. The Morgan fingerprint density at radius 2 is 1.47 bits per heavy atom. The van der Waals surface area contributed by atoms with Crippen molar-refractivity contribution in [2.24, 2.45) is 5.92 Å². The second kappa shape index (κ2) is 3.74. The van der Waals surface area contributed by atoms with E-state index < -0.39 is 0 Å². The Labute approximate surface area is 92.0 Å². The zero-order chi connectivity index (χ0) is 10.3. The first-order valence-corrected chi connectivity index (χ1v) is 6.64. The summed E-state index contributed by atoms with van der Waals surface area (Å²) in [5.41, 5.74) is -0.371. The smallest absolute Gasteiger partial charge is 0.0725 e. The number of hydrogen-bond donors (Lipinski definition) is 1. The van der Waals surface area contributed by atoms with Crippen LogP contribution in [0.15, 0.2) is 0 Å². The first-order valence-electron chi connectivity index (χ1n) is 6.64. The molecule has 0 amide bonds. The lowest BCUT2D eigenvalue weighted by Crippen LogP contribution is -2.47. The zero-order valence-electron chi connectivity index (χ0n) is 9.45. The lowest BCUT2D eigenvalue weighted by Gasteiger charge is -2.43. The van der Waals surface area contributed by atoms with Crippen molar-refractivity contribution in [3.8, 4) is 0 Å². The molecular weight excluding hydrogens is 188 g/mol. The molecule has 2 saturated heterocycles. The highest BCUT2D eigenvalue weighted by atomic mass is 16.5. The van der Waals surface area contributed by atoms with Crippen LogP contribution in [0.2, 0.25) is 0 Å². The summed E-state index contributed by atoms with van der Waals surface area (Å²) >= 11 is 0. The molecular formula is C13H22O2. The maximum absolute atomic E-state index is 10.8. The van der Waals surface area contributed by atoms with Gasteiger partial charge in [0.05, 0.1) is 17.8 Å². The predicted octanol–water partition coefficient (Wildman–Crippen LogP) is 2.64. The lowest BCUT2D eigenvalue weighted by atomic mass is 9.72. The summed E-state index contributed by atoms with van der Waals surface area (Å²) in [6.07, 6.45) is 11.4. The topological polar surface area (TPSA) is 29.5 Å². The van der Waals surface area contributed by atoms with Gasteiger partial charge in [-0.3, -0.25) is 0 Å². The molecule has 0 spiro atoms. The highest BCUT2D eigenvalue weighted by Gasteiger charge is 2.47. The minimum atomic E-state index is -0.371. The number of hydrogen-bond acceptors (Lipinski definition) is 2. The number of fused-ring (bicyclic) bond motifs is 2. The highest BCUT2D eigenvalue weighted by molar-refractivity contribution is 4.98.